The van der Waals surface area contributed by atoms with Crippen LogP contribution in [0, 0.1) is 0 Å². The van der Waals surface area contributed by atoms with Gasteiger partial charge in [-0.3, -0.25) is 4.79 Å². The summed E-state index contributed by atoms with van der Waals surface area (Å²) in [7, 11) is 0. The second-order valence-electron chi connectivity index (χ2n) is 4.19. The standard InChI is InChI=1S/C12H20N4O3/c17-11(18)4-3-6-15-12(19)14-5-1-2-8-16-9-7-13-10-16/h7,9-10H,1-6,8H2,(H,17,18)(H2,14,15,19). The van der Waals surface area contributed by atoms with E-state index < -0.39 is 5.97 Å². The van der Waals surface area contributed by atoms with Gasteiger partial charge in [0, 0.05) is 38.4 Å². The van der Waals surface area contributed by atoms with E-state index in [1.807, 2.05) is 10.8 Å². The number of aliphatic carboxylic acids is 1. The Morgan fingerprint density at radius 2 is 1.89 bits per heavy atom. The maximum atomic E-state index is 11.3. The van der Waals surface area contributed by atoms with Crippen molar-refractivity contribution in [2.24, 2.45) is 0 Å². The molecule has 1 rings (SSSR count). The van der Waals surface area contributed by atoms with Gasteiger partial charge in [-0.2, -0.15) is 0 Å². The van der Waals surface area contributed by atoms with E-state index in [1.54, 1.807) is 12.5 Å². The van der Waals surface area contributed by atoms with Crippen molar-refractivity contribution < 1.29 is 14.7 Å². The molecule has 0 saturated heterocycles. The summed E-state index contributed by atoms with van der Waals surface area (Å²) in [4.78, 5) is 25.5. The number of amides is 2. The molecule has 0 aromatic carbocycles. The van der Waals surface area contributed by atoms with Crippen molar-refractivity contribution in [3.63, 3.8) is 0 Å². The lowest BCUT2D eigenvalue weighted by Crippen LogP contribution is -2.36. The minimum Gasteiger partial charge on any atom is -0.481 e. The predicted molar refractivity (Wildman–Crippen MR) is 69.7 cm³/mol. The molecule has 0 radical (unpaired) electrons. The number of urea groups is 1. The van der Waals surface area contributed by atoms with Crippen LogP contribution in [-0.2, 0) is 11.3 Å². The Hall–Kier alpha value is -2.05. The Labute approximate surface area is 112 Å². The molecule has 1 aromatic rings. The summed E-state index contributed by atoms with van der Waals surface area (Å²) in [6, 6.07) is -0.243. The number of carbonyl (C=O) groups excluding carboxylic acids is 1. The summed E-state index contributed by atoms with van der Waals surface area (Å²) in [5.41, 5.74) is 0. The van der Waals surface area contributed by atoms with E-state index in [1.165, 1.54) is 0 Å². The lowest BCUT2D eigenvalue weighted by Gasteiger charge is -2.07. The highest BCUT2D eigenvalue weighted by atomic mass is 16.4. The van der Waals surface area contributed by atoms with Gasteiger partial charge in [-0.15, -0.1) is 0 Å². The number of imidazole rings is 1. The number of hydrogen-bond donors (Lipinski definition) is 3. The van der Waals surface area contributed by atoms with Crippen LogP contribution in [0.4, 0.5) is 4.79 Å². The van der Waals surface area contributed by atoms with Crippen LogP contribution in [0.15, 0.2) is 18.7 Å². The van der Waals surface area contributed by atoms with E-state index in [0.29, 0.717) is 19.5 Å². The van der Waals surface area contributed by atoms with Gasteiger partial charge in [0.15, 0.2) is 0 Å². The SMILES string of the molecule is O=C(O)CCCNC(=O)NCCCCn1ccnc1. The Balaban J connectivity index is 1.91. The minimum atomic E-state index is -0.846. The molecule has 0 aliphatic carbocycles. The number of nitrogens with zero attached hydrogens (tertiary/aromatic N) is 2. The highest BCUT2D eigenvalue weighted by molar-refractivity contribution is 5.73. The summed E-state index contributed by atoms with van der Waals surface area (Å²) < 4.78 is 1.99. The van der Waals surface area contributed by atoms with Crippen molar-refractivity contribution in [3.8, 4) is 0 Å². The van der Waals surface area contributed by atoms with Gasteiger partial charge in [0.2, 0.25) is 0 Å². The molecule has 0 bridgehead atoms. The molecule has 0 unspecified atom stereocenters. The molecule has 7 heteroatoms. The number of rotatable bonds is 9. The zero-order valence-corrected chi connectivity index (χ0v) is 10.8. The van der Waals surface area contributed by atoms with E-state index in [2.05, 4.69) is 15.6 Å². The monoisotopic (exact) mass is 268 g/mol. The molecule has 0 atom stereocenters. The zero-order valence-electron chi connectivity index (χ0n) is 10.8. The predicted octanol–water partition coefficient (Wildman–Crippen LogP) is 0.827. The molecule has 106 valence electrons. The van der Waals surface area contributed by atoms with Gasteiger partial charge in [0.05, 0.1) is 6.33 Å². The van der Waals surface area contributed by atoms with E-state index in [-0.39, 0.29) is 12.5 Å². The maximum Gasteiger partial charge on any atom is 0.314 e. The van der Waals surface area contributed by atoms with Crippen LogP contribution in [0.5, 0.6) is 0 Å². The molecular formula is C12H20N4O3. The third-order valence-electron chi connectivity index (χ3n) is 2.54. The summed E-state index contributed by atoms with van der Waals surface area (Å²) in [5, 5.41) is 13.8. The first-order valence-corrected chi connectivity index (χ1v) is 6.37. The van der Waals surface area contributed by atoms with Gasteiger partial charge in [0.1, 0.15) is 0 Å². The fourth-order valence-electron chi connectivity index (χ4n) is 1.54. The number of hydrogen-bond acceptors (Lipinski definition) is 3. The molecule has 0 saturated carbocycles. The third kappa shape index (κ3) is 7.80. The van der Waals surface area contributed by atoms with Gasteiger partial charge < -0.3 is 20.3 Å². The highest BCUT2D eigenvalue weighted by Gasteiger charge is 2.00. The van der Waals surface area contributed by atoms with Gasteiger partial charge in [-0.1, -0.05) is 0 Å². The third-order valence-corrected chi connectivity index (χ3v) is 2.54. The fraction of sp³-hybridized carbons (Fsp3) is 0.583. The Kier molecular flexibility index (Phi) is 7.08. The van der Waals surface area contributed by atoms with Crippen molar-refractivity contribution in [2.45, 2.75) is 32.2 Å². The average molecular weight is 268 g/mol. The molecule has 0 aliphatic rings. The zero-order chi connectivity index (χ0) is 13.9. The minimum absolute atomic E-state index is 0.0746. The number of carboxylic acids is 1. The smallest absolute Gasteiger partial charge is 0.314 e. The van der Waals surface area contributed by atoms with Gasteiger partial charge in [-0.05, 0) is 19.3 Å². The van der Waals surface area contributed by atoms with E-state index in [0.717, 1.165) is 19.4 Å². The van der Waals surface area contributed by atoms with Crippen molar-refractivity contribution >= 4 is 12.0 Å². The molecule has 0 fully saturated rings. The van der Waals surface area contributed by atoms with Crippen LogP contribution in [0.1, 0.15) is 25.7 Å². The van der Waals surface area contributed by atoms with Crippen molar-refractivity contribution in [1.82, 2.24) is 20.2 Å². The Bertz CT molecular complexity index is 378. The summed E-state index contributed by atoms with van der Waals surface area (Å²) in [5.74, 6) is -0.846. The van der Waals surface area contributed by atoms with Gasteiger partial charge in [-0.25, -0.2) is 9.78 Å². The first-order valence-electron chi connectivity index (χ1n) is 6.37. The Morgan fingerprint density at radius 1 is 1.16 bits per heavy atom. The topological polar surface area (TPSA) is 96.3 Å². The molecule has 3 N–H and O–H groups in total. The normalized spacial score (nSPS) is 10.1. The van der Waals surface area contributed by atoms with E-state index in [9.17, 15) is 9.59 Å². The van der Waals surface area contributed by atoms with E-state index in [4.69, 9.17) is 5.11 Å². The number of carbonyl (C=O) groups is 2. The molecule has 19 heavy (non-hydrogen) atoms. The van der Waals surface area contributed by atoms with Crippen molar-refractivity contribution in [3.05, 3.63) is 18.7 Å². The number of nitrogens with one attached hydrogen (secondary N) is 2. The number of unbranched alkanes of at least 4 members (excludes halogenated alkanes) is 1. The summed E-state index contributed by atoms with van der Waals surface area (Å²) >= 11 is 0. The molecule has 7 nitrogen and oxygen atoms in total. The lowest BCUT2D eigenvalue weighted by molar-refractivity contribution is -0.137. The lowest BCUT2D eigenvalue weighted by atomic mass is 10.3. The molecule has 1 heterocycles. The summed E-state index contributed by atoms with van der Waals surface area (Å²) in [6.45, 7) is 1.88. The van der Waals surface area contributed by atoms with Crippen LogP contribution in [0.2, 0.25) is 0 Å². The maximum absolute atomic E-state index is 11.3. The molecule has 0 aliphatic heterocycles. The van der Waals surface area contributed by atoms with Crippen LogP contribution >= 0.6 is 0 Å². The van der Waals surface area contributed by atoms with Crippen LogP contribution in [0.3, 0.4) is 0 Å². The second-order valence-corrected chi connectivity index (χ2v) is 4.19. The van der Waals surface area contributed by atoms with Gasteiger partial charge >= 0.3 is 12.0 Å². The van der Waals surface area contributed by atoms with E-state index >= 15 is 0 Å². The molecule has 1 aromatic heterocycles. The van der Waals surface area contributed by atoms with Crippen LogP contribution in [0.25, 0.3) is 0 Å². The molecular weight excluding hydrogens is 248 g/mol. The van der Waals surface area contributed by atoms with Crippen molar-refractivity contribution in [1.29, 1.82) is 0 Å². The average Bonchev–Trinajstić information content (AvgIpc) is 2.87. The second kappa shape index (κ2) is 8.96. The molecule has 2 amide bonds. The largest absolute Gasteiger partial charge is 0.481 e. The highest BCUT2D eigenvalue weighted by Crippen LogP contribution is 1.93. The first-order chi connectivity index (χ1) is 9.18. The fourth-order valence-corrected chi connectivity index (χ4v) is 1.54. The quantitative estimate of drug-likeness (QED) is 0.578. The molecule has 0 spiro atoms. The van der Waals surface area contributed by atoms with Crippen LogP contribution < -0.4 is 10.6 Å². The first kappa shape index (κ1) is 15.0. The van der Waals surface area contributed by atoms with Crippen molar-refractivity contribution in [2.75, 3.05) is 13.1 Å². The number of aromatic nitrogens is 2. The number of aryl methyl sites for hydroxylation is 1. The van der Waals surface area contributed by atoms with Gasteiger partial charge in [0.25, 0.3) is 0 Å². The Morgan fingerprint density at radius 3 is 2.53 bits per heavy atom. The summed E-state index contributed by atoms with van der Waals surface area (Å²) in [6.07, 6.45) is 7.79. The number of carboxylic acid groups (broad SMARTS) is 1. The van der Waals surface area contributed by atoms with Crippen LogP contribution in [-0.4, -0.2) is 39.7 Å².